The molecule has 1 unspecified atom stereocenters. The summed E-state index contributed by atoms with van der Waals surface area (Å²) in [6.45, 7) is 1.47. The van der Waals surface area contributed by atoms with E-state index in [1.165, 1.54) is 36.1 Å². The van der Waals surface area contributed by atoms with E-state index < -0.39 is 22.9 Å². The number of quaternary nitrogens is 1. The van der Waals surface area contributed by atoms with Crippen molar-refractivity contribution >= 4 is 46.8 Å². The van der Waals surface area contributed by atoms with Crippen LogP contribution in [0.25, 0.3) is 6.08 Å². The second-order valence-corrected chi connectivity index (χ2v) is 6.03. The van der Waals surface area contributed by atoms with Crippen molar-refractivity contribution in [3.63, 3.8) is 0 Å². The number of esters is 1. The summed E-state index contributed by atoms with van der Waals surface area (Å²) < 4.78 is 4.91. The molecule has 2 aliphatic heterocycles. The standard InChI is InChI=1S/C17H13N3O6S/c1-9-5-14(21)12(16(23)26-9)8-19-13(15(22)18-17(19)27)7-10-3-2-4-11(6-10)20(24)25/h2-8,20,24H,1H3,(H,18,22,27)/b12-8-,13-7+. The Morgan fingerprint density at radius 3 is 2.74 bits per heavy atom. The number of thiocarbonyl (C=S) groups is 1. The molecule has 0 bridgehead atoms. The van der Waals surface area contributed by atoms with Crippen LogP contribution in [0.4, 0.5) is 5.69 Å². The van der Waals surface area contributed by atoms with Crippen molar-refractivity contribution in [2.45, 2.75) is 6.92 Å². The molecule has 0 saturated carbocycles. The summed E-state index contributed by atoms with van der Waals surface area (Å²) in [4.78, 5) is 37.4. The number of rotatable bonds is 3. The van der Waals surface area contributed by atoms with Gasteiger partial charge < -0.3 is 9.94 Å². The molecule has 1 saturated heterocycles. The van der Waals surface area contributed by atoms with Crippen LogP contribution in [0.5, 0.6) is 0 Å². The van der Waals surface area contributed by atoms with E-state index in [4.69, 9.17) is 22.2 Å². The van der Waals surface area contributed by atoms with Gasteiger partial charge in [-0.2, -0.15) is 5.23 Å². The number of cyclic esters (lactones) is 1. The molecule has 0 spiro atoms. The lowest BCUT2D eigenvalue weighted by Crippen LogP contribution is -2.99. The van der Waals surface area contributed by atoms with Crippen molar-refractivity contribution in [2.75, 3.05) is 0 Å². The number of carbonyl (C=O) groups is 3. The van der Waals surface area contributed by atoms with Crippen LogP contribution in [0.2, 0.25) is 0 Å². The molecule has 1 atom stereocenters. The SMILES string of the molecule is CC1=CC(=O)/C(=C/N2C(=S)NC(=O)/C2=C\c2cccc([NH+]([O-])O)c2)C(=O)O1. The van der Waals surface area contributed by atoms with Gasteiger partial charge in [0.2, 0.25) is 0 Å². The van der Waals surface area contributed by atoms with Crippen LogP contribution >= 0.6 is 12.2 Å². The number of nitrogens with one attached hydrogen (secondary N) is 2. The van der Waals surface area contributed by atoms with E-state index in [-0.39, 0.29) is 27.8 Å². The first-order valence-corrected chi connectivity index (χ1v) is 8.03. The van der Waals surface area contributed by atoms with Gasteiger partial charge in [0.1, 0.15) is 17.0 Å². The maximum atomic E-state index is 12.2. The molecular weight excluding hydrogens is 374 g/mol. The molecule has 138 valence electrons. The Bertz CT molecular complexity index is 963. The van der Waals surface area contributed by atoms with Gasteiger partial charge in [-0.1, -0.05) is 12.1 Å². The average Bonchev–Trinajstić information content (AvgIpc) is 2.84. The van der Waals surface area contributed by atoms with Gasteiger partial charge in [-0.15, -0.1) is 0 Å². The highest BCUT2D eigenvalue weighted by atomic mass is 32.1. The van der Waals surface area contributed by atoms with Crippen molar-refractivity contribution in [3.8, 4) is 0 Å². The lowest BCUT2D eigenvalue weighted by atomic mass is 10.1. The van der Waals surface area contributed by atoms with E-state index in [9.17, 15) is 19.6 Å². The zero-order valence-corrected chi connectivity index (χ0v) is 14.7. The van der Waals surface area contributed by atoms with E-state index in [1.54, 1.807) is 6.07 Å². The minimum atomic E-state index is -1.11. The van der Waals surface area contributed by atoms with E-state index in [1.807, 2.05) is 0 Å². The van der Waals surface area contributed by atoms with Crippen LogP contribution in [0.15, 0.2) is 53.6 Å². The fourth-order valence-electron chi connectivity index (χ4n) is 2.46. The summed E-state index contributed by atoms with van der Waals surface area (Å²) in [6, 6.07) is 5.92. The summed E-state index contributed by atoms with van der Waals surface area (Å²) in [7, 11) is 0. The summed E-state index contributed by atoms with van der Waals surface area (Å²) in [5.41, 5.74) is 0.217. The number of ether oxygens (including phenoxy) is 1. The van der Waals surface area contributed by atoms with Crippen LogP contribution in [0.1, 0.15) is 12.5 Å². The van der Waals surface area contributed by atoms with E-state index in [2.05, 4.69) is 5.32 Å². The third-order valence-electron chi connectivity index (χ3n) is 3.70. The maximum Gasteiger partial charge on any atom is 0.348 e. The number of allylic oxidation sites excluding steroid dienone is 2. The minimum absolute atomic E-state index is 0.0278. The number of ketones is 1. The molecule has 3 rings (SSSR count). The fraction of sp³-hybridized carbons (Fsp3) is 0.0588. The number of hydrogen-bond donors (Lipinski definition) is 3. The largest absolute Gasteiger partial charge is 0.595 e. The monoisotopic (exact) mass is 387 g/mol. The molecule has 2 heterocycles. The van der Waals surface area contributed by atoms with Gasteiger partial charge in [-0.25, -0.2) is 10.0 Å². The highest BCUT2D eigenvalue weighted by Crippen LogP contribution is 2.22. The average molecular weight is 387 g/mol. The second-order valence-electron chi connectivity index (χ2n) is 5.64. The maximum absolute atomic E-state index is 12.2. The van der Waals surface area contributed by atoms with Gasteiger partial charge in [0.25, 0.3) is 5.91 Å². The highest BCUT2D eigenvalue weighted by Gasteiger charge is 2.32. The molecule has 1 aromatic carbocycles. The van der Waals surface area contributed by atoms with Crippen molar-refractivity contribution in [3.05, 3.63) is 64.3 Å². The first-order valence-electron chi connectivity index (χ1n) is 7.62. The second kappa shape index (κ2) is 7.21. The smallest absolute Gasteiger partial charge is 0.348 e. The van der Waals surface area contributed by atoms with Crippen LogP contribution in [0.3, 0.4) is 0 Å². The molecule has 1 fully saturated rings. The lowest BCUT2D eigenvalue weighted by molar-refractivity contribution is -0.991. The molecule has 10 heteroatoms. The molecule has 1 amide bonds. The number of hydrogen-bond acceptors (Lipinski definition) is 7. The molecule has 0 aromatic heterocycles. The van der Waals surface area contributed by atoms with Crippen LogP contribution < -0.4 is 10.5 Å². The van der Waals surface area contributed by atoms with Gasteiger partial charge in [0.15, 0.2) is 16.6 Å². The van der Waals surface area contributed by atoms with Crippen molar-refractivity contribution in [1.82, 2.24) is 10.2 Å². The number of benzene rings is 1. The zero-order chi connectivity index (χ0) is 19.7. The van der Waals surface area contributed by atoms with Gasteiger partial charge >= 0.3 is 5.97 Å². The molecule has 3 N–H and O–H groups in total. The predicted octanol–water partition coefficient (Wildman–Crippen LogP) is 0.0612. The number of nitrogens with zero attached hydrogens (tertiary/aromatic N) is 1. The van der Waals surface area contributed by atoms with Crippen LogP contribution in [-0.2, 0) is 19.1 Å². The summed E-state index contributed by atoms with van der Waals surface area (Å²) in [5, 5.41) is 21.4. The third-order valence-corrected chi connectivity index (χ3v) is 4.00. The Balaban J connectivity index is 2.02. The molecule has 1 aromatic rings. The summed E-state index contributed by atoms with van der Waals surface area (Å²) in [5.74, 6) is -1.81. The molecule has 9 nitrogen and oxygen atoms in total. The summed E-state index contributed by atoms with van der Waals surface area (Å²) in [6.07, 6.45) is 3.68. The predicted molar refractivity (Wildman–Crippen MR) is 95.7 cm³/mol. The quantitative estimate of drug-likeness (QED) is 0.219. The number of carbonyl (C=O) groups excluding carboxylic acids is 3. The molecule has 27 heavy (non-hydrogen) atoms. The Labute approximate surface area is 158 Å². The van der Waals surface area contributed by atoms with Crippen molar-refractivity contribution < 1.29 is 29.6 Å². The molecule has 0 aliphatic carbocycles. The first kappa shape index (κ1) is 18.6. The summed E-state index contributed by atoms with van der Waals surface area (Å²) >= 11 is 5.08. The van der Waals surface area contributed by atoms with Crippen molar-refractivity contribution in [2.24, 2.45) is 0 Å². The Morgan fingerprint density at radius 1 is 1.33 bits per heavy atom. The normalized spacial score (nSPS) is 21.4. The molecular formula is C17H13N3O6S. The Kier molecular flexibility index (Phi) is 4.97. The van der Waals surface area contributed by atoms with E-state index >= 15 is 0 Å². The Morgan fingerprint density at radius 2 is 2.07 bits per heavy atom. The van der Waals surface area contributed by atoms with E-state index in [0.29, 0.717) is 5.56 Å². The minimum Gasteiger partial charge on any atom is -0.595 e. The van der Waals surface area contributed by atoms with Gasteiger partial charge in [0, 0.05) is 24.4 Å². The van der Waals surface area contributed by atoms with Gasteiger partial charge in [-0.05, 0) is 30.8 Å². The topological polar surface area (TPSA) is 123 Å². The lowest BCUT2D eigenvalue weighted by Gasteiger charge is -2.16. The van der Waals surface area contributed by atoms with Gasteiger partial charge in [-0.3, -0.25) is 19.8 Å². The first-order chi connectivity index (χ1) is 12.8. The Hall–Kier alpha value is -3.18. The molecule has 0 radical (unpaired) electrons. The van der Waals surface area contributed by atoms with Crippen LogP contribution in [0, 0.1) is 5.21 Å². The van der Waals surface area contributed by atoms with Gasteiger partial charge in [0.05, 0.1) is 0 Å². The zero-order valence-electron chi connectivity index (χ0n) is 13.9. The van der Waals surface area contributed by atoms with E-state index in [0.717, 1.165) is 12.3 Å². The number of amides is 1. The molecule has 2 aliphatic rings. The highest BCUT2D eigenvalue weighted by molar-refractivity contribution is 7.80. The van der Waals surface area contributed by atoms with Crippen LogP contribution in [-0.4, -0.2) is 32.9 Å². The third kappa shape index (κ3) is 3.83. The fourth-order valence-corrected chi connectivity index (χ4v) is 2.71. The van der Waals surface area contributed by atoms with Crippen molar-refractivity contribution in [1.29, 1.82) is 0 Å².